The fraction of sp³-hybridized carbons (Fsp3) is 0.684. The van der Waals surface area contributed by atoms with Gasteiger partial charge in [0, 0.05) is 24.7 Å². The van der Waals surface area contributed by atoms with Gasteiger partial charge in [-0.2, -0.15) is 0 Å². The van der Waals surface area contributed by atoms with Gasteiger partial charge in [-0.25, -0.2) is 0 Å². The van der Waals surface area contributed by atoms with Gasteiger partial charge in [0.25, 0.3) is 0 Å². The average Bonchev–Trinajstić information content (AvgIpc) is 2.81. The van der Waals surface area contributed by atoms with Crippen molar-refractivity contribution in [2.75, 3.05) is 0 Å². The molecule has 0 aromatic rings. The number of ketones is 1. The van der Waals surface area contributed by atoms with Gasteiger partial charge in [-0.15, -0.1) is 0 Å². The number of hydrogen-bond donors (Lipinski definition) is 2. The molecule has 24 heavy (non-hydrogen) atoms. The molecule has 1 saturated heterocycles. The molecule has 130 valence electrons. The van der Waals surface area contributed by atoms with Gasteiger partial charge < -0.3 is 14.9 Å². The van der Waals surface area contributed by atoms with Gasteiger partial charge in [0.1, 0.15) is 6.10 Å². The third kappa shape index (κ3) is 2.07. The van der Waals surface area contributed by atoms with E-state index in [1.165, 1.54) is 6.08 Å². The van der Waals surface area contributed by atoms with E-state index >= 15 is 0 Å². The predicted molar refractivity (Wildman–Crippen MR) is 85.7 cm³/mol. The normalized spacial score (nSPS) is 49.8. The molecule has 1 aliphatic heterocycles. The monoisotopic (exact) mass is 332 g/mol. The molecule has 5 nitrogen and oxygen atoms in total. The van der Waals surface area contributed by atoms with Crippen molar-refractivity contribution in [1.82, 2.24) is 0 Å². The number of allylic oxidation sites excluding steroid dienone is 2. The lowest BCUT2D eigenvalue weighted by molar-refractivity contribution is -0.149. The number of esters is 1. The lowest BCUT2D eigenvalue weighted by Crippen LogP contribution is -2.51. The van der Waals surface area contributed by atoms with Crippen LogP contribution in [-0.4, -0.2) is 39.8 Å². The molecule has 4 rings (SSSR count). The molecule has 4 aliphatic rings. The smallest absolute Gasteiger partial charge is 0.310 e. The van der Waals surface area contributed by atoms with Crippen LogP contribution >= 0.6 is 0 Å². The summed E-state index contributed by atoms with van der Waals surface area (Å²) in [6, 6.07) is 0. The first kappa shape index (κ1) is 16.0. The third-order valence-corrected chi connectivity index (χ3v) is 6.68. The van der Waals surface area contributed by atoms with Gasteiger partial charge in [0.15, 0.2) is 5.78 Å². The number of fused-ring (bicyclic) bond motifs is 2. The maximum absolute atomic E-state index is 12.5. The van der Waals surface area contributed by atoms with E-state index in [9.17, 15) is 19.8 Å². The Morgan fingerprint density at radius 1 is 1.42 bits per heavy atom. The summed E-state index contributed by atoms with van der Waals surface area (Å²) in [5.41, 5.74) is 0.438. The highest BCUT2D eigenvalue weighted by Crippen LogP contribution is 2.60. The third-order valence-electron chi connectivity index (χ3n) is 6.68. The van der Waals surface area contributed by atoms with Crippen LogP contribution in [0.15, 0.2) is 23.8 Å². The Bertz CT molecular complexity index is 661. The predicted octanol–water partition coefficient (Wildman–Crippen LogP) is 1.39. The van der Waals surface area contributed by atoms with Gasteiger partial charge in [0.05, 0.1) is 17.6 Å². The Morgan fingerprint density at radius 3 is 2.79 bits per heavy atom. The molecule has 0 amide bonds. The zero-order valence-electron chi connectivity index (χ0n) is 14.1. The van der Waals surface area contributed by atoms with Gasteiger partial charge >= 0.3 is 5.97 Å². The molecule has 0 bridgehead atoms. The Balaban J connectivity index is 1.81. The van der Waals surface area contributed by atoms with Crippen molar-refractivity contribution < 1.29 is 24.5 Å². The van der Waals surface area contributed by atoms with Crippen LogP contribution in [0, 0.1) is 29.6 Å². The lowest BCUT2D eigenvalue weighted by atomic mass is 9.61. The van der Waals surface area contributed by atoms with Crippen LogP contribution in [-0.2, 0) is 14.3 Å². The van der Waals surface area contributed by atoms with Crippen molar-refractivity contribution >= 4 is 11.8 Å². The Labute approximate surface area is 141 Å². The fourth-order valence-corrected chi connectivity index (χ4v) is 5.63. The van der Waals surface area contributed by atoms with E-state index in [2.05, 4.69) is 6.58 Å². The standard InChI is InChI=1S/C19H24O5/c1-8(2)9-4-10(20)6-12-11(5-9)14-15-13(24-18(14)22)7-19(3,23)16(15)17(12)21/h6,9,11,13-17,21,23H,1,4-5,7H2,2-3H3/t9-,11+,13-,14-,15+,16+,17-,19+/m0/s1. The Hall–Kier alpha value is -1.46. The Kier molecular flexibility index (Phi) is 3.35. The van der Waals surface area contributed by atoms with Gasteiger partial charge in [-0.1, -0.05) is 12.2 Å². The van der Waals surface area contributed by atoms with Crippen molar-refractivity contribution in [3.8, 4) is 0 Å². The van der Waals surface area contributed by atoms with Crippen molar-refractivity contribution in [3.63, 3.8) is 0 Å². The summed E-state index contributed by atoms with van der Waals surface area (Å²) in [6.45, 7) is 7.59. The minimum absolute atomic E-state index is 0.00811. The number of ether oxygens (including phenoxy) is 1. The molecule has 2 N–H and O–H groups in total. The van der Waals surface area contributed by atoms with Crippen LogP contribution < -0.4 is 0 Å². The lowest BCUT2D eigenvalue weighted by Gasteiger charge is -2.44. The molecule has 0 spiro atoms. The van der Waals surface area contributed by atoms with Crippen LogP contribution in [0.2, 0.25) is 0 Å². The molecular formula is C19H24O5. The second-order valence-electron chi connectivity index (χ2n) is 8.31. The van der Waals surface area contributed by atoms with Gasteiger partial charge in [-0.05, 0) is 43.8 Å². The van der Waals surface area contributed by atoms with Crippen LogP contribution in [0.3, 0.4) is 0 Å². The molecule has 3 aliphatic carbocycles. The number of hydrogen-bond acceptors (Lipinski definition) is 5. The average molecular weight is 332 g/mol. The first-order chi connectivity index (χ1) is 11.2. The van der Waals surface area contributed by atoms with Crippen molar-refractivity contribution in [2.24, 2.45) is 29.6 Å². The van der Waals surface area contributed by atoms with Crippen molar-refractivity contribution in [3.05, 3.63) is 23.8 Å². The highest BCUT2D eigenvalue weighted by molar-refractivity contribution is 5.92. The first-order valence-electron chi connectivity index (χ1n) is 8.71. The zero-order valence-corrected chi connectivity index (χ0v) is 14.1. The summed E-state index contributed by atoms with van der Waals surface area (Å²) in [5, 5.41) is 21.7. The summed E-state index contributed by atoms with van der Waals surface area (Å²) in [5.74, 6) is -1.51. The summed E-state index contributed by atoms with van der Waals surface area (Å²) < 4.78 is 5.55. The van der Waals surface area contributed by atoms with Crippen LogP contribution in [0.4, 0.5) is 0 Å². The molecule has 5 heteroatoms. The summed E-state index contributed by atoms with van der Waals surface area (Å²) in [4.78, 5) is 24.9. The minimum atomic E-state index is -1.09. The zero-order chi connectivity index (χ0) is 17.4. The van der Waals surface area contributed by atoms with E-state index in [4.69, 9.17) is 4.74 Å². The summed E-state index contributed by atoms with van der Waals surface area (Å²) in [7, 11) is 0. The van der Waals surface area contributed by atoms with E-state index in [0.717, 1.165) is 5.57 Å². The summed E-state index contributed by atoms with van der Waals surface area (Å²) >= 11 is 0. The van der Waals surface area contributed by atoms with E-state index in [1.807, 2.05) is 6.92 Å². The number of rotatable bonds is 1. The maximum Gasteiger partial charge on any atom is 0.310 e. The SMILES string of the molecule is C=C(C)[C@H]1CC(=O)C=C2[C@@H](C1)[C@@H]1C(=O)O[C@H]3C[C@@](C)(O)[C@H]([C@@H]13)[C@H]2O. The highest BCUT2D eigenvalue weighted by Gasteiger charge is 2.67. The van der Waals surface area contributed by atoms with Gasteiger partial charge in [0.2, 0.25) is 0 Å². The molecule has 2 saturated carbocycles. The van der Waals surface area contributed by atoms with Crippen LogP contribution in [0.5, 0.6) is 0 Å². The second-order valence-corrected chi connectivity index (χ2v) is 8.31. The number of aliphatic hydroxyl groups excluding tert-OH is 1. The highest BCUT2D eigenvalue weighted by atomic mass is 16.6. The van der Waals surface area contributed by atoms with Crippen molar-refractivity contribution in [2.45, 2.75) is 50.9 Å². The molecule has 3 fully saturated rings. The molecule has 0 aromatic carbocycles. The topological polar surface area (TPSA) is 83.8 Å². The van der Waals surface area contributed by atoms with E-state index < -0.39 is 17.6 Å². The molecule has 8 atom stereocenters. The number of carbonyl (C=O) groups excluding carboxylic acids is 2. The molecular weight excluding hydrogens is 308 g/mol. The van der Waals surface area contributed by atoms with Crippen LogP contribution in [0.1, 0.15) is 33.1 Å². The van der Waals surface area contributed by atoms with E-state index in [-0.39, 0.29) is 41.5 Å². The molecule has 0 radical (unpaired) electrons. The summed E-state index contributed by atoms with van der Waals surface area (Å²) in [6.07, 6.45) is 1.61. The van der Waals surface area contributed by atoms with Gasteiger partial charge in [-0.3, -0.25) is 9.59 Å². The van der Waals surface area contributed by atoms with Crippen LogP contribution in [0.25, 0.3) is 0 Å². The minimum Gasteiger partial charge on any atom is -0.462 e. The maximum atomic E-state index is 12.5. The first-order valence-corrected chi connectivity index (χ1v) is 8.71. The molecule has 1 heterocycles. The largest absolute Gasteiger partial charge is 0.462 e. The number of aliphatic hydroxyl groups is 2. The molecule has 0 aromatic heterocycles. The van der Waals surface area contributed by atoms with E-state index in [1.54, 1.807) is 6.92 Å². The number of carbonyl (C=O) groups is 2. The molecule has 0 unspecified atom stereocenters. The Morgan fingerprint density at radius 2 is 2.12 bits per heavy atom. The fourth-order valence-electron chi connectivity index (χ4n) is 5.63. The quantitative estimate of drug-likeness (QED) is 0.560. The second kappa shape index (κ2) is 5.02. The van der Waals surface area contributed by atoms with E-state index in [0.29, 0.717) is 24.8 Å². The van der Waals surface area contributed by atoms with Crippen molar-refractivity contribution in [1.29, 1.82) is 0 Å².